The molecular formula is C14H25N3O. The van der Waals surface area contributed by atoms with Gasteiger partial charge in [0.15, 0.2) is 0 Å². The van der Waals surface area contributed by atoms with Gasteiger partial charge in [-0.05, 0) is 39.2 Å². The van der Waals surface area contributed by atoms with E-state index >= 15 is 0 Å². The second kappa shape index (κ2) is 4.75. The topological polar surface area (TPSA) is 46.9 Å². The van der Waals surface area contributed by atoms with Crippen molar-refractivity contribution in [1.82, 2.24) is 15.1 Å². The zero-order chi connectivity index (χ0) is 14.1. The summed E-state index contributed by atoms with van der Waals surface area (Å²) in [6, 6.07) is 2.02. The summed E-state index contributed by atoms with van der Waals surface area (Å²) in [7, 11) is 0. The lowest BCUT2D eigenvalue weighted by atomic mass is 9.76. The number of amides is 1. The van der Waals surface area contributed by atoms with Gasteiger partial charge < -0.3 is 5.32 Å². The quantitative estimate of drug-likeness (QED) is 0.897. The Morgan fingerprint density at radius 2 is 1.83 bits per heavy atom. The van der Waals surface area contributed by atoms with E-state index in [4.69, 9.17) is 0 Å². The van der Waals surface area contributed by atoms with Crippen molar-refractivity contribution >= 4 is 5.91 Å². The van der Waals surface area contributed by atoms with Gasteiger partial charge in [-0.15, -0.1) is 0 Å². The van der Waals surface area contributed by atoms with E-state index in [2.05, 4.69) is 31.2 Å². The fraction of sp³-hybridized carbons (Fsp3) is 0.714. The van der Waals surface area contributed by atoms with Gasteiger partial charge in [0, 0.05) is 17.8 Å². The summed E-state index contributed by atoms with van der Waals surface area (Å²) in [5.74, 6) is -0.116. The molecule has 0 bridgehead atoms. The lowest BCUT2D eigenvalue weighted by Crippen LogP contribution is -2.52. The van der Waals surface area contributed by atoms with Crippen LogP contribution in [0.2, 0.25) is 0 Å². The largest absolute Gasteiger partial charge is 0.345 e. The number of nitrogens with zero attached hydrogens (tertiary/aromatic N) is 2. The Balaban J connectivity index is 2.83. The number of hydrogen-bond acceptors (Lipinski definition) is 2. The van der Waals surface area contributed by atoms with Crippen LogP contribution in [-0.2, 0) is 0 Å². The van der Waals surface area contributed by atoms with Crippen LogP contribution >= 0.6 is 0 Å². The smallest absolute Gasteiger partial charge is 0.272 e. The Bertz CT molecular complexity index is 424. The molecule has 0 aliphatic carbocycles. The fourth-order valence-electron chi connectivity index (χ4n) is 1.28. The maximum Gasteiger partial charge on any atom is 0.272 e. The number of carbonyl (C=O) groups excluding carboxylic acids is 1. The van der Waals surface area contributed by atoms with E-state index in [9.17, 15) is 4.79 Å². The molecule has 4 nitrogen and oxygen atoms in total. The van der Waals surface area contributed by atoms with Gasteiger partial charge in [0.05, 0.1) is 0 Å². The van der Waals surface area contributed by atoms with E-state index in [-0.39, 0.29) is 22.9 Å². The molecule has 0 fully saturated rings. The van der Waals surface area contributed by atoms with Gasteiger partial charge >= 0.3 is 0 Å². The van der Waals surface area contributed by atoms with Gasteiger partial charge in [0.25, 0.3) is 5.91 Å². The molecule has 0 aliphatic heterocycles. The van der Waals surface area contributed by atoms with Crippen LogP contribution in [0.1, 0.15) is 65.0 Å². The summed E-state index contributed by atoms with van der Waals surface area (Å²) in [5.41, 5.74) is 0.177. The van der Waals surface area contributed by atoms with E-state index in [0.717, 1.165) is 0 Å². The van der Waals surface area contributed by atoms with Gasteiger partial charge in [-0.1, -0.05) is 20.8 Å². The first kappa shape index (κ1) is 14.7. The molecular weight excluding hydrogens is 226 g/mol. The van der Waals surface area contributed by atoms with Crippen LogP contribution in [0.25, 0.3) is 0 Å². The summed E-state index contributed by atoms with van der Waals surface area (Å²) in [4.78, 5) is 12.2. The maximum atomic E-state index is 12.2. The normalized spacial score (nSPS) is 12.9. The highest BCUT2D eigenvalue weighted by atomic mass is 16.2. The molecule has 1 aromatic heterocycles. The molecule has 102 valence electrons. The van der Waals surface area contributed by atoms with Crippen molar-refractivity contribution in [3.8, 4) is 0 Å². The molecule has 4 heteroatoms. The number of nitrogens with one attached hydrogen (secondary N) is 1. The Hall–Kier alpha value is -1.32. The standard InChI is InChI=1S/C14H25N3O/c1-10(2)17-9-8-11(16-17)12(18)15-14(6,7)13(3,4)5/h8-10H,1-7H3,(H,15,18). The van der Waals surface area contributed by atoms with Gasteiger partial charge in [-0.2, -0.15) is 5.10 Å². The molecule has 0 radical (unpaired) electrons. The Morgan fingerprint density at radius 1 is 1.28 bits per heavy atom. The van der Waals surface area contributed by atoms with Crippen LogP contribution in [-0.4, -0.2) is 21.2 Å². The van der Waals surface area contributed by atoms with Crippen LogP contribution in [0, 0.1) is 5.41 Å². The van der Waals surface area contributed by atoms with Crippen molar-refractivity contribution < 1.29 is 4.79 Å². The van der Waals surface area contributed by atoms with Crippen molar-refractivity contribution in [3.63, 3.8) is 0 Å². The third-order valence-electron chi connectivity index (χ3n) is 3.67. The van der Waals surface area contributed by atoms with Gasteiger partial charge in [-0.3, -0.25) is 9.48 Å². The van der Waals surface area contributed by atoms with E-state index in [1.807, 2.05) is 33.9 Å². The van der Waals surface area contributed by atoms with Crippen molar-refractivity contribution in [2.45, 2.75) is 60.0 Å². The molecule has 18 heavy (non-hydrogen) atoms. The van der Waals surface area contributed by atoms with Crippen LogP contribution in [0.15, 0.2) is 12.3 Å². The monoisotopic (exact) mass is 251 g/mol. The number of carbonyl (C=O) groups is 1. The fourth-order valence-corrected chi connectivity index (χ4v) is 1.28. The summed E-state index contributed by atoms with van der Waals surface area (Å²) in [6.45, 7) is 14.5. The van der Waals surface area contributed by atoms with Crippen LogP contribution in [0.5, 0.6) is 0 Å². The lowest BCUT2D eigenvalue weighted by Gasteiger charge is -2.39. The van der Waals surface area contributed by atoms with Crippen molar-refractivity contribution in [1.29, 1.82) is 0 Å². The average molecular weight is 251 g/mol. The van der Waals surface area contributed by atoms with Crippen molar-refractivity contribution in [2.75, 3.05) is 0 Å². The average Bonchev–Trinajstić information content (AvgIpc) is 2.63. The second-order valence-corrected chi connectivity index (χ2v) is 6.60. The molecule has 0 saturated carbocycles. The second-order valence-electron chi connectivity index (χ2n) is 6.60. The summed E-state index contributed by atoms with van der Waals surface area (Å²) >= 11 is 0. The first-order chi connectivity index (χ1) is 8.04. The predicted molar refractivity (Wildman–Crippen MR) is 73.6 cm³/mol. The molecule has 0 aliphatic rings. The maximum absolute atomic E-state index is 12.2. The zero-order valence-electron chi connectivity index (χ0n) is 12.5. The van der Waals surface area contributed by atoms with E-state index in [0.29, 0.717) is 5.69 Å². The SMILES string of the molecule is CC(C)n1ccc(C(=O)NC(C)(C)C(C)(C)C)n1. The molecule has 1 heterocycles. The first-order valence-corrected chi connectivity index (χ1v) is 6.42. The van der Waals surface area contributed by atoms with Gasteiger partial charge in [0.1, 0.15) is 5.69 Å². The molecule has 0 aromatic carbocycles. The summed E-state index contributed by atoms with van der Waals surface area (Å²) < 4.78 is 1.79. The molecule has 1 aromatic rings. The third kappa shape index (κ3) is 3.12. The van der Waals surface area contributed by atoms with Crippen molar-refractivity contribution in [2.24, 2.45) is 5.41 Å². The molecule has 0 spiro atoms. The molecule has 0 atom stereocenters. The molecule has 0 saturated heterocycles. The zero-order valence-corrected chi connectivity index (χ0v) is 12.5. The first-order valence-electron chi connectivity index (χ1n) is 6.42. The van der Waals surface area contributed by atoms with Gasteiger partial charge in [-0.25, -0.2) is 0 Å². The Kier molecular flexibility index (Phi) is 3.89. The number of rotatable bonds is 3. The molecule has 0 unspecified atom stereocenters. The molecule has 1 N–H and O–H groups in total. The minimum atomic E-state index is -0.286. The van der Waals surface area contributed by atoms with E-state index in [1.165, 1.54) is 0 Å². The summed E-state index contributed by atoms with van der Waals surface area (Å²) in [5, 5.41) is 7.33. The Morgan fingerprint density at radius 3 is 2.22 bits per heavy atom. The molecule has 1 amide bonds. The van der Waals surface area contributed by atoms with Crippen LogP contribution < -0.4 is 5.32 Å². The minimum Gasteiger partial charge on any atom is -0.345 e. The van der Waals surface area contributed by atoms with Crippen molar-refractivity contribution in [3.05, 3.63) is 18.0 Å². The van der Waals surface area contributed by atoms with Crippen LogP contribution in [0.4, 0.5) is 0 Å². The minimum absolute atomic E-state index is 0.0106. The third-order valence-corrected chi connectivity index (χ3v) is 3.67. The Labute approximate surface area is 110 Å². The predicted octanol–water partition coefficient (Wildman–Crippen LogP) is 3.02. The van der Waals surface area contributed by atoms with Gasteiger partial charge in [0.2, 0.25) is 0 Å². The number of aromatic nitrogens is 2. The highest BCUT2D eigenvalue weighted by molar-refractivity contribution is 5.92. The highest BCUT2D eigenvalue weighted by Gasteiger charge is 2.34. The van der Waals surface area contributed by atoms with E-state index < -0.39 is 0 Å². The summed E-state index contributed by atoms with van der Waals surface area (Å²) in [6.07, 6.45) is 1.84. The van der Waals surface area contributed by atoms with Crippen LogP contribution in [0.3, 0.4) is 0 Å². The van der Waals surface area contributed by atoms with E-state index in [1.54, 1.807) is 10.7 Å². The lowest BCUT2D eigenvalue weighted by molar-refractivity contribution is 0.0823. The number of hydrogen-bond donors (Lipinski definition) is 1. The molecule has 1 rings (SSSR count). The highest BCUT2D eigenvalue weighted by Crippen LogP contribution is 2.29.